The van der Waals surface area contributed by atoms with E-state index < -0.39 is 31.2 Å². The molecule has 0 amide bonds. The summed E-state index contributed by atoms with van der Waals surface area (Å²) in [6.45, 7) is 6.64. The number of ether oxygens (including phenoxy) is 1. The number of hydrogen-bond donors (Lipinski definition) is 0. The van der Waals surface area contributed by atoms with Crippen molar-refractivity contribution in [1.82, 2.24) is 9.78 Å². The van der Waals surface area contributed by atoms with E-state index in [-0.39, 0.29) is 30.0 Å². The quantitative estimate of drug-likeness (QED) is 0.313. The highest BCUT2D eigenvalue weighted by Crippen LogP contribution is 2.38. The van der Waals surface area contributed by atoms with E-state index in [2.05, 4.69) is 40.7 Å². The van der Waals surface area contributed by atoms with Gasteiger partial charge in [-0.15, -0.1) is 0 Å². The molecule has 0 bridgehead atoms. The normalized spacial score (nSPS) is 14.3. The van der Waals surface area contributed by atoms with Gasteiger partial charge in [0.15, 0.2) is 0 Å². The summed E-state index contributed by atoms with van der Waals surface area (Å²) < 4.78 is 61.4. The number of rotatable bonds is 6. The number of alkyl halides is 3. The summed E-state index contributed by atoms with van der Waals surface area (Å²) in [4.78, 5) is 14.0. The first-order chi connectivity index (χ1) is 13.9. The van der Waals surface area contributed by atoms with Crippen molar-refractivity contribution in [3.63, 3.8) is 0 Å². The average molecular weight is 508 g/mol. The largest absolute Gasteiger partial charge is 0.423 e. The molecule has 0 N–H and O–H groups in total. The molecule has 0 unspecified atom stereocenters. The van der Waals surface area contributed by atoms with E-state index in [9.17, 15) is 22.4 Å². The van der Waals surface area contributed by atoms with Gasteiger partial charge in [-0.1, -0.05) is 19.6 Å². The maximum atomic E-state index is 13.8. The highest BCUT2D eigenvalue weighted by Gasteiger charge is 2.40. The summed E-state index contributed by atoms with van der Waals surface area (Å²) in [5, 5.41) is 3.89. The SMILES string of the molecule is C[Si](C)(C)CCOCn1ncc(N2Cc3cc(F)c(Br)cc3C2)c(C(F)(F)F)c1=O. The molecule has 164 valence electrons. The third-order valence-electron chi connectivity index (χ3n) is 4.82. The topological polar surface area (TPSA) is 47.4 Å². The molecule has 2 heterocycles. The van der Waals surface area contributed by atoms with E-state index in [1.807, 2.05) is 0 Å². The van der Waals surface area contributed by atoms with Crippen LogP contribution in [-0.4, -0.2) is 24.5 Å². The van der Waals surface area contributed by atoms with Gasteiger partial charge in [-0.25, -0.2) is 9.07 Å². The number of nitrogens with zero attached hydrogens (tertiary/aromatic N) is 3. The molecule has 1 aliphatic heterocycles. The van der Waals surface area contributed by atoms with E-state index >= 15 is 0 Å². The minimum Gasteiger partial charge on any atom is -0.361 e. The maximum Gasteiger partial charge on any atom is 0.423 e. The molecule has 30 heavy (non-hydrogen) atoms. The predicted octanol–water partition coefficient (Wildman–Crippen LogP) is 5.00. The van der Waals surface area contributed by atoms with Crippen LogP contribution in [0.2, 0.25) is 25.7 Å². The number of aromatic nitrogens is 2. The molecular weight excluding hydrogens is 486 g/mol. The summed E-state index contributed by atoms with van der Waals surface area (Å²) in [6, 6.07) is 3.65. The van der Waals surface area contributed by atoms with Crippen molar-refractivity contribution >= 4 is 29.7 Å². The molecule has 1 aromatic heterocycles. The second-order valence-corrected chi connectivity index (χ2v) is 14.9. The Hall–Kier alpha value is -1.72. The third-order valence-corrected chi connectivity index (χ3v) is 7.13. The summed E-state index contributed by atoms with van der Waals surface area (Å²) in [5.74, 6) is -0.490. The second kappa shape index (κ2) is 8.43. The maximum absolute atomic E-state index is 13.8. The fourth-order valence-corrected chi connectivity index (χ4v) is 4.32. The first-order valence-electron chi connectivity index (χ1n) is 9.33. The average Bonchev–Trinajstić information content (AvgIpc) is 3.00. The zero-order chi connectivity index (χ0) is 22.3. The Morgan fingerprint density at radius 2 is 1.83 bits per heavy atom. The minimum absolute atomic E-state index is 0.0560. The Morgan fingerprint density at radius 3 is 2.43 bits per heavy atom. The van der Waals surface area contributed by atoms with Crippen LogP contribution in [0.25, 0.3) is 0 Å². The predicted molar refractivity (Wildman–Crippen MR) is 112 cm³/mol. The van der Waals surface area contributed by atoms with E-state index in [4.69, 9.17) is 4.74 Å². The zero-order valence-corrected chi connectivity index (χ0v) is 19.4. The molecular formula is C19H22BrF4N3O2Si. The van der Waals surface area contributed by atoms with Gasteiger partial charge in [-0.3, -0.25) is 4.79 Å². The van der Waals surface area contributed by atoms with Crippen molar-refractivity contribution < 1.29 is 22.3 Å². The lowest BCUT2D eigenvalue weighted by Gasteiger charge is -2.22. The Kier molecular flexibility index (Phi) is 6.45. The molecule has 2 aromatic rings. The van der Waals surface area contributed by atoms with Gasteiger partial charge in [0, 0.05) is 27.8 Å². The molecule has 5 nitrogen and oxygen atoms in total. The van der Waals surface area contributed by atoms with Crippen molar-refractivity contribution in [2.45, 2.75) is 51.7 Å². The van der Waals surface area contributed by atoms with Gasteiger partial charge in [0.25, 0.3) is 5.56 Å². The number of fused-ring (bicyclic) bond motifs is 1. The van der Waals surface area contributed by atoms with Crippen LogP contribution in [-0.2, 0) is 30.7 Å². The molecule has 0 spiro atoms. The lowest BCUT2D eigenvalue weighted by atomic mass is 10.1. The second-order valence-electron chi connectivity index (χ2n) is 8.45. The summed E-state index contributed by atoms with van der Waals surface area (Å²) in [5.41, 5.74) is -1.61. The Bertz CT molecular complexity index is 974. The number of hydrogen-bond acceptors (Lipinski definition) is 4. The molecule has 0 aliphatic carbocycles. The van der Waals surface area contributed by atoms with Gasteiger partial charge in [0.1, 0.15) is 18.1 Å². The van der Waals surface area contributed by atoms with E-state index in [1.165, 1.54) is 11.0 Å². The number of halogens is 5. The number of anilines is 1. The van der Waals surface area contributed by atoms with Crippen LogP contribution < -0.4 is 10.5 Å². The zero-order valence-electron chi connectivity index (χ0n) is 16.8. The Balaban J connectivity index is 1.87. The fraction of sp³-hybridized carbons (Fsp3) is 0.474. The molecule has 0 saturated heterocycles. The minimum atomic E-state index is -4.87. The molecule has 11 heteroatoms. The van der Waals surface area contributed by atoms with Gasteiger partial charge in [0.05, 0.1) is 16.4 Å². The third kappa shape index (κ3) is 5.12. The van der Waals surface area contributed by atoms with Crippen molar-refractivity contribution in [2.75, 3.05) is 11.5 Å². The first kappa shape index (κ1) is 23.0. The summed E-state index contributed by atoms with van der Waals surface area (Å²) in [7, 11) is -1.37. The molecule has 0 atom stereocenters. The Labute approximate surface area is 180 Å². The van der Waals surface area contributed by atoms with Crippen LogP contribution in [0, 0.1) is 5.82 Å². The Morgan fingerprint density at radius 1 is 1.20 bits per heavy atom. The van der Waals surface area contributed by atoms with Crippen LogP contribution in [0.3, 0.4) is 0 Å². The highest BCUT2D eigenvalue weighted by molar-refractivity contribution is 9.10. The van der Waals surface area contributed by atoms with Gasteiger partial charge < -0.3 is 9.64 Å². The van der Waals surface area contributed by atoms with Crippen LogP contribution >= 0.6 is 15.9 Å². The van der Waals surface area contributed by atoms with Crippen molar-refractivity contribution in [2.24, 2.45) is 0 Å². The fourth-order valence-electron chi connectivity index (χ4n) is 3.17. The molecule has 1 aromatic carbocycles. The van der Waals surface area contributed by atoms with Crippen LogP contribution in [0.1, 0.15) is 16.7 Å². The molecule has 0 saturated carbocycles. The smallest absolute Gasteiger partial charge is 0.361 e. The highest BCUT2D eigenvalue weighted by atomic mass is 79.9. The van der Waals surface area contributed by atoms with Crippen LogP contribution in [0.5, 0.6) is 0 Å². The molecule has 0 radical (unpaired) electrons. The molecule has 1 aliphatic rings. The van der Waals surface area contributed by atoms with Crippen molar-refractivity contribution in [1.29, 1.82) is 0 Å². The molecule has 3 rings (SSSR count). The monoisotopic (exact) mass is 507 g/mol. The van der Waals surface area contributed by atoms with Crippen molar-refractivity contribution in [3.05, 3.63) is 55.7 Å². The van der Waals surface area contributed by atoms with E-state index in [0.29, 0.717) is 22.4 Å². The first-order valence-corrected chi connectivity index (χ1v) is 13.8. The van der Waals surface area contributed by atoms with Crippen LogP contribution in [0.4, 0.5) is 23.2 Å². The molecule has 0 fully saturated rings. The lowest BCUT2D eigenvalue weighted by Crippen LogP contribution is -2.34. The van der Waals surface area contributed by atoms with Gasteiger partial charge in [0.2, 0.25) is 0 Å². The summed E-state index contributed by atoms with van der Waals surface area (Å²) >= 11 is 3.08. The van der Waals surface area contributed by atoms with Crippen molar-refractivity contribution in [3.8, 4) is 0 Å². The summed E-state index contributed by atoms with van der Waals surface area (Å²) in [6.07, 6.45) is -3.83. The van der Waals surface area contributed by atoms with Gasteiger partial charge in [-0.05, 0) is 45.2 Å². The van der Waals surface area contributed by atoms with E-state index in [1.54, 1.807) is 6.07 Å². The standard InChI is InChI=1S/C19H22BrF4N3O2Si/c1-30(2,3)5-4-29-11-27-18(28)17(19(22,23)24)16(8-25-27)26-9-12-6-14(20)15(21)7-13(12)10-26/h6-8H,4-5,9-11H2,1-3H3. The lowest BCUT2D eigenvalue weighted by molar-refractivity contribution is -0.138. The van der Waals surface area contributed by atoms with Crippen LogP contribution in [0.15, 0.2) is 27.6 Å². The van der Waals surface area contributed by atoms with Gasteiger partial charge >= 0.3 is 6.18 Å². The van der Waals surface area contributed by atoms with E-state index in [0.717, 1.165) is 12.2 Å². The van der Waals surface area contributed by atoms with Gasteiger partial charge in [-0.2, -0.15) is 18.3 Å². The number of benzene rings is 1.